The molecule has 0 spiro atoms. The minimum absolute atomic E-state index is 0.110. The molecule has 6 heteroatoms. The number of rotatable bonds is 12. The molecule has 170 valence electrons. The van der Waals surface area contributed by atoms with E-state index in [1.165, 1.54) is 0 Å². The highest BCUT2D eigenvalue weighted by atomic mass is 16.5. The lowest BCUT2D eigenvalue weighted by Crippen LogP contribution is -2.27. The number of H-pyrrole nitrogens is 1. The number of carbonyl (C=O) groups is 2. The van der Waals surface area contributed by atoms with Gasteiger partial charge in [-0.25, -0.2) is 0 Å². The number of nitrogens with one attached hydrogen (secondary N) is 2. The van der Waals surface area contributed by atoms with E-state index >= 15 is 0 Å². The summed E-state index contributed by atoms with van der Waals surface area (Å²) >= 11 is 0. The summed E-state index contributed by atoms with van der Waals surface area (Å²) in [6.45, 7) is 5.14. The summed E-state index contributed by atoms with van der Waals surface area (Å²) in [5.41, 5.74) is 2.65. The van der Waals surface area contributed by atoms with Gasteiger partial charge in [0.2, 0.25) is 0 Å². The van der Waals surface area contributed by atoms with Gasteiger partial charge in [0, 0.05) is 17.1 Å². The fraction of sp³-hybridized carbons (Fsp3) is 0.385. The molecule has 32 heavy (non-hydrogen) atoms. The van der Waals surface area contributed by atoms with Crippen LogP contribution in [0.2, 0.25) is 0 Å². The van der Waals surface area contributed by atoms with Crippen molar-refractivity contribution >= 4 is 22.8 Å². The summed E-state index contributed by atoms with van der Waals surface area (Å²) in [5.74, 6) is 0.378. The Labute approximate surface area is 189 Å². The number of fused-ring (bicyclic) bond motifs is 1. The fourth-order valence-corrected chi connectivity index (χ4v) is 3.71. The largest absolute Gasteiger partial charge is 0.492 e. The predicted octanol–water partition coefficient (Wildman–Crippen LogP) is 4.89. The zero-order chi connectivity index (χ0) is 22.8. The first-order chi connectivity index (χ1) is 15.6. The Morgan fingerprint density at radius 3 is 2.59 bits per heavy atom. The average Bonchev–Trinajstić information content (AvgIpc) is 3.24. The fourth-order valence-electron chi connectivity index (χ4n) is 3.71. The van der Waals surface area contributed by atoms with Crippen molar-refractivity contribution in [2.24, 2.45) is 5.92 Å². The van der Waals surface area contributed by atoms with Crippen LogP contribution in [0.3, 0.4) is 0 Å². The number of benzene rings is 2. The second-order valence-corrected chi connectivity index (χ2v) is 7.79. The van der Waals surface area contributed by atoms with Crippen molar-refractivity contribution in [2.45, 2.75) is 39.5 Å². The van der Waals surface area contributed by atoms with Crippen LogP contribution in [0.25, 0.3) is 10.9 Å². The molecule has 1 heterocycles. The number of para-hydroxylation sites is 1. The van der Waals surface area contributed by atoms with Crippen LogP contribution in [-0.2, 0) is 16.0 Å². The van der Waals surface area contributed by atoms with Crippen LogP contribution in [0.1, 0.15) is 49.0 Å². The summed E-state index contributed by atoms with van der Waals surface area (Å²) in [7, 11) is 0. The molecule has 0 fully saturated rings. The number of hydrogen-bond donors (Lipinski definition) is 2. The second-order valence-electron chi connectivity index (χ2n) is 7.79. The number of unbranched alkanes of at least 4 members (excludes halogenated alkanes) is 1. The van der Waals surface area contributed by atoms with Crippen molar-refractivity contribution in [1.29, 1.82) is 0 Å². The standard InChI is InChI=1S/C26H32N2O4/c1-3-5-8-20(26(30)31-4-2)17-19-11-13-21(14-12-19)32-16-15-27-25(29)23-18-28-24-10-7-6-9-22(23)24/h6-7,9-14,18,20,28H,3-5,8,15-17H2,1-2H3,(H,27,29). The first-order valence-electron chi connectivity index (χ1n) is 11.3. The maximum atomic E-state index is 12.4. The molecular formula is C26H32N2O4. The third-order valence-electron chi connectivity index (χ3n) is 5.42. The van der Waals surface area contributed by atoms with Crippen molar-refractivity contribution in [3.63, 3.8) is 0 Å². The zero-order valence-corrected chi connectivity index (χ0v) is 18.9. The van der Waals surface area contributed by atoms with E-state index in [4.69, 9.17) is 9.47 Å². The molecule has 6 nitrogen and oxygen atoms in total. The highest BCUT2D eigenvalue weighted by molar-refractivity contribution is 6.06. The number of carbonyl (C=O) groups excluding carboxylic acids is 2. The van der Waals surface area contributed by atoms with Gasteiger partial charge >= 0.3 is 5.97 Å². The number of aromatic nitrogens is 1. The molecular weight excluding hydrogens is 404 g/mol. The molecule has 2 aromatic carbocycles. The van der Waals surface area contributed by atoms with Crippen LogP contribution in [0.15, 0.2) is 54.7 Å². The summed E-state index contributed by atoms with van der Waals surface area (Å²) < 4.78 is 11.0. The van der Waals surface area contributed by atoms with Crippen LogP contribution in [0.5, 0.6) is 5.75 Å². The molecule has 0 aliphatic carbocycles. The van der Waals surface area contributed by atoms with Gasteiger partial charge in [-0.1, -0.05) is 50.1 Å². The third-order valence-corrected chi connectivity index (χ3v) is 5.42. The summed E-state index contributed by atoms with van der Waals surface area (Å²) in [5, 5.41) is 3.80. The van der Waals surface area contributed by atoms with Gasteiger partial charge in [0.1, 0.15) is 12.4 Å². The number of amides is 1. The number of ether oxygens (including phenoxy) is 2. The lowest BCUT2D eigenvalue weighted by atomic mass is 9.94. The van der Waals surface area contributed by atoms with Gasteiger partial charge in [0.25, 0.3) is 5.91 Å². The molecule has 0 radical (unpaired) electrons. The smallest absolute Gasteiger partial charge is 0.309 e. The Bertz CT molecular complexity index is 1010. The van der Waals surface area contributed by atoms with Gasteiger partial charge in [-0.05, 0) is 43.5 Å². The van der Waals surface area contributed by atoms with Crippen LogP contribution < -0.4 is 10.1 Å². The maximum absolute atomic E-state index is 12.4. The van der Waals surface area contributed by atoms with Crippen molar-refractivity contribution in [3.05, 3.63) is 65.9 Å². The molecule has 0 saturated heterocycles. The third kappa shape index (κ3) is 6.36. The van der Waals surface area contributed by atoms with Crippen LogP contribution >= 0.6 is 0 Å². The van der Waals surface area contributed by atoms with Gasteiger partial charge < -0.3 is 19.8 Å². The lowest BCUT2D eigenvalue weighted by Gasteiger charge is -2.15. The Morgan fingerprint density at radius 2 is 1.84 bits per heavy atom. The maximum Gasteiger partial charge on any atom is 0.309 e. The first-order valence-corrected chi connectivity index (χ1v) is 11.3. The monoisotopic (exact) mass is 436 g/mol. The Hall–Kier alpha value is -3.28. The SMILES string of the molecule is CCCCC(Cc1ccc(OCCNC(=O)c2c[nH]c3ccccc23)cc1)C(=O)OCC. The van der Waals surface area contributed by atoms with E-state index in [1.807, 2.05) is 55.5 Å². The van der Waals surface area contributed by atoms with E-state index in [0.717, 1.165) is 41.5 Å². The minimum Gasteiger partial charge on any atom is -0.492 e. The first kappa shape index (κ1) is 23.4. The van der Waals surface area contributed by atoms with Crippen molar-refractivity contribution in [2.75, 3.05) is 19.8 Å². The number of hydrogen-bond acceptors (Lipinski definition) is 4. The second kappa shape index (κ2) is 11.9. The van der Waals surface area contributed by atoms with E-state index in [0.29, 0.717) is 31.7 Å². The average molecular weight is 437 g/mol. The number of aromatic amines is 1. The summed E-state index contributed by atoms with van der Waals surface area (Å²) in [4.78, 5) is 27.8. The highest BCUT2D eigenvalue weighted by Gasteiger charge is 2.19. The molecule has 1 atom stereocenters. The Morgan fingerprint density at radius 1 is 1.06 bits per heavy atom. The van der Waals surface area contributed by atoms with E-state index in [2.05, 4.69) is 17.2 Å². The van der Waals surface area contributed by atoms with Gasteiger partial charge in [-0.3, -0.25) is 9.59 Å². The van der Waals surface area contributed by atoms with Crippen molar-refractivity contribution < 1.29 is 19.1 Å². The molecule has 3 rings (SSSR count). The molecule has 2 N–H and O–H groups in total. The van der Waals surface area contributed by atoms with Crippen molar-refractivity contribution in [1.82, 2.24) is 10.3 Å². The molecule has 0 aliphatic heterocycles. The van der Waals surface area contributed by atoms with E-state index in [-0.39, 0.29) is 17.8 Å². The quantitative estimate of drug-likeness (QED) is 0.313. The lowest BCUT2D eigenvalue weighted by molar-refractivity contribution is -0.148. The summed E-state index contributed by atoms with van der Waals surface area (Å²) in [6, 6.07) is 15.5. The Balaban J connectivity index is 1.46. The van der Waals surface area contributed by atoms with Gasteiger partial charge in [-0.15, -0.1) is 0 Å². The van der Waals surface area contributed by atoms with Gasteiger partial charge in [0.15, 0.2) is 0 Å². The molecule has 0 bridgehead atoms. The molecule has 0 saturated carbocycles. The molecule has 3 aromatic rings. The number of esters is 1. The van der Waals surface area contributed by atoms with E-state index < -0.39 is 0 Å². The summed E-state index contributed by atoms with van der Waals surface area (Å²) in [6.07, 6.45) is 5.29. The minimum atomic E-state index is -0.126. The zero-order valence-electron chi connectivity index (χ0n) is 18.9. The van der Waals surface area contributed by atoms with Gasteiger partial charge in [-0.2, -0.15) is 0 Å². The normalized spacial score (nSPS) is 11.8. The molecule has 1 aromatic heterocycles. The Kier molecular flexibility index (Phi) is 8.72. The molecule has 1 unspecified atom stereocenters. The van der Waals surface area contributed by atoms with Gasteiger partial charge in [0.05, 0.1) is 24.6 Å². The molecule has 0 aliphatic rings. The highest BCUT2D eigenvalue weighted by Crippen LogP contribution is 2.20. The van der Waals surface area contributed by atoms with Crippen LogP contribution in [-0.4, -0.2) is 36.6 Å². The van der Waals surface area contributed by atoms with Crippen LogP contribution in [0.4, 0.5) is 0 Å². The van der Waals surface area contributed by atoms with E-state index in [9.17, 15) is 9.59 Å². The topological polar surface area (TPSA) is 80.4 Å². The molecule has 1 amide bonds. The van der Waals surface area contributed by atoms with E-state index in [1.54, 1.807) is 6.20 Å². The van der Waals surface area contributed by atoms with Crippen LogP contribution in [0, 0.1) is 5.92 Å². The predicted molar refractivity (Wildman–Crippen MR) is 126 cm³/mol. The van der Waals surface area contributed by atoms with Crippen molar-refractivity contribution in [3.8, 4) is 5.75 Å².